The first-order valence-electron chi connectivity index (χ1n) is 4.14. The molecule has 0 saturated heterocycles. The van der Waals surface area contributed by atoms with E-state index in [1.165, 1.54) is 7.11 Å². The van der Waals surface area contributed by atoms with Gasteiger partial charge in [-0.05, 0) is 15.9 Å². The fraction of sp³-hybridized carbons (Fsp3) is 0.500. The van der Waals surface area contributed by atoms with Gasteiger partial charge in [0.15, 0.2) is 5.69 Å². The van der Waals surface area contributed by atoms with E-state index in [2.05, 4.69) is 30.9 Å². The maximum atomic E-state index is 11.2. The molecule has 5 nitrogen and oxygen atoms in total. The number of carbonyl (C=O) groups is 1. The quantitative estimate of drug-likeness (QED) is 0.797. The van der Waals surface area contributed by atoms with Crippen LogP contribution < -0.4 is 5.73 Å². The van der Waals surface area contributed by atoms with Crippen molar-refractivity contribution in [3.8, 4) is 0 Å². The molecule has 0 saturated carbocycles. The number of nitrogens with two attached hydrogens (primary N) is 1. The number of H-pyrrole nitrogens is 1. The van der Waals surface area contributed by atoms with Gasteiger partial charge < -0.3 is 10.5 Å². The zero-order valence-electron chi connectivity index (χ0n) is 8.00. The predicted molar refractivity (Wildman–Crippen MR) is 55.1 cm³/mol. The van der Waals surface area contributed by atoms with Gasteiger partial charge >= 0.3 is 5.97 Å². The summed E-state index contributed by atoms with van der Waals surface area (Å²) in [6, 6.07) is 0. The van der Waals surface area contributed by atoms with Crippen LogP contribution in [0, 0.1) is 0 Å². The third kappa shape index (κ3) is 1.96. The summed E-state index contributed by atoms with van der Waals surface area (Å²) in [6.07, 6.45) is 0. The normalized spacial score (nSPS) is 12.6. The first-order valence-corrected chi connectivity index (χ1v) is 4.93. The highest BCUT2D eigenvalue weighted by Gasteiger charge is 2.20. The van der Waals surface area contributed by atoms with Crippen molar-refractivity contribution in [2.45, 2.75) is 12.8 Å². The lowest BCUT2D eigenvalue weighted by atomic mass is 10.1. The molecule has 14 heavy (non-hydrogen) atoms. The molecule has 0 aromatic carbocycles. The highest BCUT2D eigenvalue weighted by atomic mass is 79.9. The fourth-order valence-electron chi connectivity index (χ4n) is 1.02. The molecule has 0 spiro atoms. The van der Waals surface area contributed by atoms with Crippen LogP contribution in [0.4, 0.5) is 0 Å². The van der Waals surface area contributed by atoms with Crippen molar-refractivity contribution < 1.29 is 9.53 Å². The smallest absolute Gasteiger partial charge is 0.359 e. The Kier molecular flexibility index (Phi) is 3.65. The summed E-state index contributed by atoms with van der Waals surface area (Å²) >= 11 is 3.28. The Morgan fingerprint density at radius 3 is 2.93 bits per heavy atom. The zero-order valence-corrected chi connectivity index (χ0v) is 9.59. The minimum Gasteiger partial charge on any atom is -0.464 e. The second-order valence-corrected chi connectivity index (χ2v) is 3.72. The molecule has 1 rings (SSSR count). The second-order valence-electron chi connectivity index (χ2n) is 2.93. The molecule has 0 aliphatic rings. The van der Waals surface area contributed by atoms with Crippen LogP contribution in [0.5, 0.6) is 0 Å². The van der Waals surface area contributed by atoms with Gasteiger partial charge in [0.1, 0.15) is 0 Å². The van der Waals surface area contributed by atoms with Crippen LogP contribution in [0.2, 0.25) is 0 Å². The Labute approximate surface area is 90.1 Å². The van der Waals surface area contributed by atoms with Gasteiger partial charge in [-0.3, -0.25) is 5.10 Å². The number of nitrogens with zero attached hydrogens (tertiary/aromatic N) is 1. The zero-order chi connectivity index (χ0) is 10.7. The van der Waals surface area contributed by atoms with Crippen molar-refractivity contribution in [1.29, 1.82) is 0 Å². The van der Waals surface area contributed by atoms with Gasteiger partial charge in [0.2, 0.25) is 0 Å². The van der Waals surface area contributed by atoms with Crippen molar-refractivity contribution >= 4 is 21.9 Å². The SMILES string of the molecule is COC(=O)c1n[nH]c(C(C)CN)c1Br. The van der Waals surface area contributed by atoms with Gasteiger partial charge in [0.25, 0.3) is 0 Å². The number of methoxy groups -OCH3 is 1. The number of rotatable bonds is 3. The number of nitrogens with one attached hydrogen (secondary N) is 1. The van der Waals surface area contributed by atoms with Gasteiger partial charge in [-0.2, -0.15) is 5.10 Å². The van der Waals surface area contributed by atoms with Crippen LogP contribution in [0.25, 0.3) is 0 Å². The average molecular weight is 262 g/mol. The lowest BCUT2D eigenvalue weighted by molar-refractivity contribution is 0.0593. The first kappa shape index (κ1) is 11.2. The molecular weight excluding hydrogens is 250 g/mol. The summed E-state index contributed by atoms with van der Waals surface area (Å²) in [4.78, 5) is 11.2. The predicted octanol–water partition coefficient (Wildman–Crippen LogP) is 1.02. The molecule has 1 unspecified atom stereocenters. The molecule has 0 aliphatic heterocycles. The summed E-state index contributed by atoms with van der Waals surface area (Å²) < 4.78 is 5.19. The average Bonchev–Trinajstić information content (AvgIpc) is 2.58. The third-order valence-corrected chi connectivity index (χ3v) is 2.76. The maximum Gasteiger partial charge on any atom is 0.359 e. The summed E-state index contributed by atoms with van der Waals surface area (Å²) in [5.74, 6) is -0.348. The topological polar surface area (TPSA) is 81.0 Å². The number of hydrogen-bond acceptors (Lipinski definition) is 4. The Hall–Kier alpha value is -0.880. The summed E-state index contributed by atoms with van der Waals surface area (Å²) in [6.45, 7) is 2.43. The molecule has 6 heteroatoms. The van der Waals surface area contributed by atoms with Crippen LogP contribution in [-0.2, 0) is 4.74 Å². The standard InChI is InChI=1S/C8H12BrN3O2/c1-4(3-10)6-5(9)7(12-11-6)8(13)14-2/h4H,3,10H2,1-2H3,(H,11,12). The van der Waals surface area contributed by atoms with Gasteiger partial charge in [0, 0.05) is 12.5 Å². The third-order valence-electron chi connectivity index (χ3n) is 1.96. The second kappa shape index (κ2) is 4.56. The molecule has 1 aromatic heterocycles. The van der Waals surface area contributed by atoms with E-state index < -0.39 is 5.97 Å². The molecule has 0 amide bonds. The number of esters is 1. The summed E-state index contributed by atoms with van der Waals surface area (Å²) in [5, 5.41) is 6.62. The van der Waals surface area contributed by atoms with Gasteiger partial charge in [-0.25, -0.2) is 4.79 Å². The van der Waals surface area contributed by atoms with E-state index in [0.29, 0.717) is 11.0 Å². The van der Waals surface area contributed by atoms with E-state index in [4.69, 9.17) is 5.73 Å². The van der Waals surface area contributed by atoms with Gasteiger partial charge in [0.05, 0.1) is 17.3 Å². The molecular formula is C8H12BrN3O2. The molecule has 0 bridgehead atoms. The Morgan fingerprint density at radius 2 is 2.43 bits per heavy atom. The van der Waals surface area contributed by atoms with Crippen LogP contribution >= 0.6 is 15.9 Å². The molecule has 0 aliphatic carbocycles. The number of halogens is 1. The van der Waals surface area contributed by atoms with Crippen molar-refractivity contribution in [2.75, 3.05) is 13.7 Å². The van der Waals surface area contributed by atoms with Crippen molar-refractivity contribution in [2.24, 2.45) is 5.73 Å². The minimum absolute atomic E-state index is 0.121. The number of aromatic amines is 1. The van der Waals surface area contributed by atoms with Gasteiger partial charge in [-0.15, -0.1) is 0 Å². The lowest BCUT2D eigenvalue weighted by Crippen LogP contribution is -2.09. The highest BCUT2D eigenvalue weighted by molar-refractivity contribution is 9.10. The Balaban J connectivity index is 3.02. The van der Waals surface area contributed by atoms with Crippen molar-refractivity contribution in [1.82, 2.24) is 10.2 Å². The molecule has 78 valence electrons. The molecule has 0 fully saturated rings. The molecule has 1 aromatic rings. The Bertz CT molecular complexity index is 337. The number of ether oxygens (including phenoxy) is 1. The molecule has 1 heterocycles. The van der Waals surface area contributed by atoms with Crippen molar-refractivity contribution in [3.05, 3.63) is 15.9 Å². The van der Waals surface area contributed by atoms with E-state index in [0.717, 1.165) is 5.69 Å². The largest absolute Gasteiger partial charge is 0.464 e. The van der Waals surface area contributed by atoms with Crippen molar-refractivity contribution in [3.63, 3.8) is 0 Å². The molecule has 1 atom stereocenters. The molecule has 3 N–H and O–H groups in total. The van der Waals surface area contributed by atoms with E-state index in [1.807, 2.05) is 6.92 Å². The van der Waals surface area contributed by atoms with E-state index in [9.17, 15) is 4.79 Å². The minimum atomic E-state index is -0.469. The van der Waals surface area contributed by atoms with Gasteiger partial charge in [-0.1, -0.05) is 6.92 Å². The first-order chi connectivity index (χ1) is 6.61. The number of aromatic nitrogens is 2. The Morgan fingerprint density at radius 1 is 1.79 bits per heavy atom. The number of carbonyl (C=O) groups excluding carboxylic acids is 1. The highest BCUT2D eigenvalue weighted by Crippen LogP contribution is 2.25. The van der Waals surface area contributed by atoms with Crippen LogP contribution in [0.1, 0.15) is 29.0 Å². The van der Waals surface area contributed by atoms with Crippen LogP contribution in [-0.4, -0.2) is 29.8 Å². The van der Waals surface area contributed by atoms with E-state index in [1.54, 1.807) is 0 Å². The van der Waals surface area contributed by atoms with E-state index >= 15 is 0 Å². The van der Waals surface area contributed by atoms with Crippen LogP contribution in [0.3, 0.4) is 0 Å². The monoisotopic (exact) mass is 261 g/mol. The summed E-state index contributed by atoms with van der Waals surface area (Å²) in [5.41, 5.74) is 6.57. The van der Waals surface area contributed by atoms with Crippen LogP contribution in [0.15, 0.2) is 4.47 Å². The van der Waals surface area contributed by atoms with E-state index in [-0.39, 0.29) is 11.6 Å². The molecule has 0 radical (unpaired) electrons. The lowest BCUT2D eigenvalue weighted by Gasteiger charge is -2.05. The maximum absolute atomic E-state index is 11.2. The number of hydrogen-bond donors (Lipinski definition) is 2. The fourth-order valence-corrected chi connectivity index (χ4v) is 1.75. The summed E-state index contributed by atoms with van der Waals surface area (Å²) in [7, 11) is 1.31.